The molecule has 0 bridgehead atoms. The van der Waals surface area contributed by atoms with Crippen molar-refractivity contribution in [2.24, 2.45) is 0 Å². The largest absolute Gasteiger partial charge is 0.477 e. The molecule has 12 heteroatoms. The molecule has 3 aromatic heterocycles. The first-order valence-corrected chi connectivity index (χ1v) is 14.0. The molecule has 5 heterocycles. The van der Waals surface area contributed by atoms with Gasteiger partial charge >= 0.3 is 5.97 Å². The maximum absolute atomic E-state index is 15.0. The fraction of sp³-hybridized carbons (Fsp3) is 0.321. The van der Waals surface area contributed by atoms with Crippen LogP contribution in [0.15, 0.2) is 42.5 Å². The van der Waals surface area contributed by atoms with Gasteiger partial charge in [-0.15, -0.1) is 11.3 Å². The molecular weight excluding hydrogens is 562 g/mol. The average molecular weight is 587 g/mol. The molecule has 0 amide bonds. The molecule has 208 valence electrons. The molecular formula is C28H25ClF2N4O4S. The van der Waals surface area contributed by atoms with E-state index in [0.29, 0.717) is 53.4 Å². The lowest BCUT2D eigenvalue weighted by molar-refractivity contribution is -0.0592. The van der Waals surface area contributed by atoms with E-state index in [-0.39, 0.29) is 23.1 Å². The topological polar surface area (TPSA) is 89.7 Å². The summed E-state index contributed by atoms with van der Waals surface area (Å²) in [5.74, 6) is -1.36. The predicted molar refractivity (Wildman–Crippen MR) is 147 cm³/mol. The molecule has 4 aromatic rings. The second-order valence-electron chi connectivity index (χ2n) is 9.72. The van der Waals surface area contributed by atoms with E-state index in [2.05, 4.69) is 20.9 Å². The predicted octanol–water partition coefficient (Wildman–Crippen LogP) is 5.78. The highest BCUT2D eigenvalue weighted by Crippen LogP contribution is 2.33. The number of fused-ring (bicyclic) bond motifs is 1. The van der Waals surface area contributed by atoms with Crippen molar-refractivity contribution in [3.8, 4) is 5.88 Å². The van der Waals surface area contributed by atoms with Crippen LogP contribution in [-0.4, -0.2) is 56.3 Å². The van der Waals surface area contributed by atoms with Crippen molar-refractivity contribution >= 4 is 44.8 Å². The quantitative estimate of drug-likeness (QED) is 0.266. The standard InChI is InChI=1S/C28H25ClF2N4O4S/c29-18-5-4-17(20(30)12-18)15-39-23-3-1-2-21(32-23)16-6-9-34(10-7-16)14-22-33-27-25(24(31)26(40-27)28(36)37)35(22)13-19-8-11-38-19/h1-6,12,19H,7-11,13-15H2,(H,36,37)/t19-/m0/s1. The van der Waals surface area contributed by atoms with Gasteiger partial charge in [0.1, 0.15) is 28.6 Å². The summed E-state index contributed by atoms with van der Waals surface area (Å²) in [6.07, 6.45) is 3.67. The minimum Gasteiger partial charge on any atom is -0.477 e. The minimum atomic E-state index is -1.29. The number of benzene rings is 1. The van der Waals surface area contributed by atoms with Gasteiger partial charge in [0.25, 0.3) is 0 Å². The molecule has 1 atom stereocenters. The van der Waals surface area contributed by atoms with Crippen LogP contribution in [0.3, 0.4) is 0 Å². The Hall–Kier alpha value is -3.38. The molecule has 1 fully saturated rings. The Morgan fingerprint density at radius 3 is 2.80 bits per heavy atom. The number of hydrogen-bond acceptors (Lipinski definition) is 7. The Balaban J connectivity index is 1.15. The lowest BCUT2D eigenvalue weighted by Gasteiger charge is -2.29. The summed E-state index contributed by atoms with van der Waals surface area (Å²) in [6, 6.07) is 9.97. The molecule has 1 saturated heterocycles. The molecule has 2 aliphatic rings. The number of ether oxygens (including phenoxy) is 2. The number of carboxylic acids is 1. The van der Waals surface area contributed by atoms with E-state index in [1.165, 1.54) is 6.07 Å². The smallest absolute Gasteiger partial charge is 0.349 e. The fourth-order valence-electron chi connectivity index (χ4n) is 4.85. The van der Waals surface area contributed by atoms with Crippen LogP contribution in [0.2, 0.25) is 5.02 Å². The van der Waals surface area contributed by atoms with E-state index in [4.69, 9.17) is 21.1 Å². The first kappa shape index (κ1) is 26.8. The number of imidazole rings is 1. The van der Waals surface area contributed by atoms with Crippen LogP contribution in [0.25, 0.3) is 15.9 Å². The van der Waals surface area contributed by atoms with Gasteiger partial charge < -0.3 is 19.1 Å². The van der Waals surface area contributed by atoms with E-state index in [0.717, 1.165) is 42.0 Å². The second kappa shape index (κ2) is 11.2. The van der Waals surface area contributed by atoms with E-state index in [9.17, 15) is 14.3 Å². The van der Waals surface area contributed by atoms with Crippen molar-refractivity contribution in [2.45, 2.75) is 38.6 Å². The Morgan fingerprint density at radius 2 is 2.10 bits per heavy atom. The van der Waals surface area contributed by atoms with Crippen LogP contribution in [0.5, 0.6) is 5.88 Å². The maximum Gasteiger partial charge on any atom is 0.349 e. The number of thiophene rings is 1. The number of aromatic nitrogens is 3. The van der Waals surface area contributed by atoms with Crippen LogP contribution in [0.4, 0.5) is 8.78 Å². The highest BCUT2D eigenvalue weighted by molar-refractivity contribution is 7.20. The van der Waals surface area contributed by atoms with E-state index in [1.54, 1.807) is 22.8 Å². The number of aromatic carboxylic acids is 1. The Kier molecular flexibility index (Phi) is 7.54. The Bertz CT molecular complexity index is 1620. The summed E-state index contributed by atoms with van der Waals surface area (Å²) in [5.41, 5.74) is 2.50. The monoisotopic (exact) mass is 586 g/mol. The number of carboxylic acid groups (broad SMARTS) is 1. The number of nitrogens with zero attached hydrogens (tertiary/aromatic N) is 4. The van der Waals surface area contributed by atoms with E-state index >= 15 is 4.39 Å². The van der Waals surface area contributed by atoms with Gasteiger partial charge in [-0.3, -0.25) is 4.90 Å². The molecule has 8 nitrogen and oxygen atoms in total. The zero-order chi connectivity index (χ0) is 27.8. The van der Waals surface area contributed by atoms with E-state index in [1.807, 2.05) is 12.1 Å². The zero-order valence-electron chi connectivity index (χ0n) is 21.3. The van der Waals surface area contributed by atoms with Gasteiger partial charge in [-0.05, 0) is 36.6 Å². The van der Waals surface area contributed by atoms with Gasteiger partial charge in [-0.2, -0.15) is 0 Å². The molecule has 0 radical (unpaired) electrons. The van der Waals surface area contributed by atoms with Crippen LogP contribution in [0.1, 0.15) is 39.6 Å². The lowest BCUT2D eigenvalue weighted by Crippen LogP contribution is -2.33. The summed E-state index contributed by atoms with van der Waals surface area (Å²) in [6.45, 7) is 3.01. The van der Waals surface area contributed by atoms with Gasteiger partial charge in [-0.1, -0.05) is 29.8 Å². The summed E-state index contributed by atoms with van der Waals surface area (Å²) in [7, 11) is 0. The number of halogens is 3. The molecule has 1 aromatic carbocycles. The van der Waals surface area contributed by atoms with Gasteiger partial charge in [0.05, 0.1) is 24.9 Å². The minimum absolute atomic E-state index is 0.0339. The van der Waals surface area contributed by atoms with Crippen LogP contribution in [0, 0.1) is 11.6 Å². The highest BCUT2D eigenvalue weighted by atomic mass is 35.5. The summed E-state index contributed by atoms with van der Waals surface area (Å²) >= 11 is 6.68. The van der Waals surface area contributed by atoms with Crippen molar-refractivity contribution in [3.63, 3.8) is 0 Å². The number of rotatable bonds is 9. The molecule has 0 aliphatic carbocycles. The molecule has 40 heavy (non-hydrogen) atoms. The zero-order valence-corrected chi connectivity index (χ0v) is 22.9. The van der Waals surface area contributed by atoms with Gasteiger partial charge in [0.15, 0.2) is 10.7 Å². The third-order valence-electron chi connectivity index (χ3n) is 7.10. The van der Waals surface area contributed by atoms with E-state index < -0.39 is 17.6 Å². The molecule has 6 rings (SSSR count). The number of pyridine rings is 1. The van der Waals surface area contributed by atoms with Gasteiger partial charge in [-0.25, -0.2) is 23.5 Å². The van der Waals surface area contributed by atoms with Crippen molar-refractivity contribution in [1.29, 1.82) is 0 Å². The summed E-state index contributed by atoms with van der Waals surface area (Å²) < 4.78 is 42.2. The van der Waals surface area contributed by atoms with Crippen LogP contribution >= 0.6 is 22.9 Å². The van der Waals surface area contributed by atoms with Crippen molar-refractivity contribution < 1.29 is 28.2 Å². The molecule has 0 unspecified atom stereocenters. The fourth-order valence-corrected chi connectivity index (χ4v) is 5.92. The maximum atomic E-state index is 15.0. The van der Waals surface area contributed by atoms with Gasteiger partial charge in [0.2, 0.25) is 5.88 Å². The van der Waals surface area contributed by atoms with Gasteiger partial charge in [0, 0.05) is 36.3 Å². The lowest BCUT2D eigenvalue weighted by atomic mass is 10.0. The Morgan fingerprint density at radius 1 is 1.25 bits per heavy atom. The second-order valence-corrected chi connectivity index (χ2v) is 11.2. The third kappa shape index (κ3) is 5.46. The summed E-state index contributed by atoms with van der Waals surface area (Å²) in [4.78, 5) is 22.9. The third-order valence-corrected chi connectivity index (χ3v) is 8.37. The summed E-state index contributed by atoms with van der Waals surface area (Å²) in [5, 5.41) is 9.67. The highest BCUT2D eigenvalue weighted by Gasteiger charge is 2.28. The van der Waals surface area contributed by atoms with Crippen LogP contribution in [-0.2, 0) is 24.4 Å². The Labute approximate surface area is 237 Å². The average Bonchev–Trinajstić information content (AvgIpc) is 3.42. The molecule has 0 saturated carbocycles. The normalized spacial score (nSPS) is 17.6. The van der Waals surface area contributed by atoms with Crippen LogP contribution < -0.4 is 4.74 Å². The van der Waals surface area contributed by atoms with Crippen molar-refractivity contribution in [2.75, 3.05) is 19.7 Å². The molecule has 1 N–H and O–H groups in total. The van der Waals surface area contributed by atoms with Crippen molar-refractivity contribution in [1.82, 2.24) is 19.4 Å². The van der Waals surface area contributed by atoms with Crippen molar-refractivity contribution in [3.05, 3.63) is 81.1 Å². The molecule has 2 aliphatic heterocycles. The first-order valence-electron chi connectivity index (χ1n) is 12.8. The number of carbonyl (C=O) groups is 1. The first-order chi connectivity index (χ1) is 19.4. The molecule has 0 spiro atoms. The number of hydrogen-bond donors (Lipinski definition) is 1. The SMILES string of the molecule is O=C(O)c1sc2nc(CN3CC=C(c4cccc(OCc5ccc(Cl)cc5F)n4)CC3)n(C[C@@H]3CCO3)c2c1F.